The molecule has 0 bridgehead atoms. The Bertz CT molecular complexity index is 577. The molecule has 1 aromatic heterocycles. The Hall–Kier alpha value is -1.75. The average molecular weight is 262 g/mol. The summed E-state index contributed by atoms with van der Waals surface area (Å²) in [5.41, 5.74) is 9.07. The predicted octanol–water partition coefficient (Wildman–Crippen LogP) is 2.69. The van der Waals surface area contributed by atoms with Gasteiger partial charge in [-0.05, 0) is 37.5 Å². The summed E-state index contributed by atoms with van der Waals surface area (Å²) >= 11 is 0. The smallest absolute Gasteiger partial charge is 0.128 e. The van der Waals surface area contributed by atoms with Gasteiger partial charge in [0.1, 0.15) is 11.5 Å². The summed E-state index contributed by atoms with van der Waals surface area (Å²) in [5.74, 6) is -0.239. The number of aromatic nitrogens is 3. The molecule has 0 saturated carbocycles. The van der Waals surface area contributed by atoms with Crippen LogP contribution in [0.4, 0.5) is 4.39 Å². The lowest BCUT2D eigenvalue weighted by molar-refractivity contribution is 0.615. The minimum atomic E-state index is -0.239. The molecular weight excluding hydrogens is 243 g/mol. The van der Waals surface area contributed by atoms with E-state index in [1.165, 1.54) is 6.07 Å². The van der Waals surface area contributed by atoms with Crippen LogP contribution in [0.15, 0.2) is 18.2 Å². The van der Waals surface area contributed by atoms with Crippen LogP contribution in [0.2, 0.25) is 0 Å². The van der Waals surface area contributed by atoms with E-state index < -0.39 is 0 Å². The van der Waals surface area contributed by atoms with Gasteiger partial charge in [-0.25, -0.2) is 9.07 Å². The van der Waals surface area contributed by atoms with Crippen molar-refractivity contribution in [1.82, 2.24) is 15.0 Å². The van der Waals surface area contributed by atoms with Gasteiger partial charge in [-0.15, -0.1) is 5.10 Å². The van der Waals surface area contributed by atoms with Crippen LogP contribution in [-0.4, -0.2) is 15.0 Å². The van der Waals surface area contributed by atoms with Crippen molar-refractivity contribution in [3.63, 3.8) is 0 Å². The zero-order chi connectivity index (χ0) is 14.0. The second-order valence-corrected chi connectivity index (χ2v) is 4.63. The summed E-state index contributed by atoms with van der Waals surface area (Å²) in [6, 6.07) is 4.93. The van der Waals surface area contributed by atoms with E-state index in [0.29, 0.717) is 11.3 Å². The third kappa shape index (κ3) is 2.51. The number of aryl methyl sites for hydroxylation is 1. The molecule has 2 aromatic rings. The Morgan fingerprint density at radius 3 is 2.68 bits per heavy atom. The van der Waals surface area contributed by atoms with Crippen molar-refractivity contribution < 1.29 is 4.39 Å². The van der Waals surface area contributed by atoms with Crippen LogP contribution < -0.4 is 5.73 Å². The zero-order valence-corrected chi connectivity index (χ0v) is 11.5. The third-order valence-electron chi connectivity index (χ3n) is 3.32. The number of rotatable bonds is 4. The fourth-order valence-electron chi connectivity index (χ4n) is 2.05. The molecule has 0 aliphatic heterocycles. The highest BCUT2D eigenvalue weighted by atomic mass is 19.1. The van der Waals surface area contributed by atoms with Crippen molar-refractivity contribution >= 4 is 0 Å². The van der Waals surface area contributed by atoms with E-state index in [9.17, 15) is 4.39 Å². The molecule has 1 aromatic carbocycles. The van der Waals surface area contributed by atoms with Crippen molar-refractivity contribution in [3.05, 3.63) is 41.0 Å². The number of halogens is 1. The number of nitrogens with zero attached hydrogens (tertiary/aromatic N) is 3. The number of nitrogens with two attached hydrogens (primary N) is 1. The molecule has 0 aliphatic rings. The Labute approximate surface area is 112 Å². The summed E-state index contributed by atoms with van der Waals surface area (Å²) in [6.45, 7) is 5.76. The molecular formula is C14H19FN4. The fraction of sp³-hybridized carbons (Fsp3) is 0.429. The van der Waals surface area contributed by atoms with Gasteiger partial charge in [-0.3, -0.25) is 0 Å². The first-order chi connectivity index (χ1) is 9.08. The molecule has 19 heavy (non-hydrogen) atoms. The lowest BCUT2D eigenvalue weighted by Gasteiger charge is -2.10. The van der Waals surface area contributed by atoms with Crippen LogP contribution in [0, 0.1) is 12.7 Å². The maximum atomic E-state index is 13.6. The lowest BCUT2D eigenvalue weighted by Crippen LogP contribution is -2.12. The Morgan fingerprint density at radius 2 is 2.11 bits per heavy atom. The summed E-state index contributed by atoms with van der Waals surface area (Å²) in [6.07, 6.45) is 1.56. The highest BCUT2D eigenvalue weighted by Gasteiger charge is 2.17. The molecule has 0 aliphatic carbocycles. The van der Waals surface area contributed by atoms with Gasteiger partial charge in [0.05, 0.1) is 17.4 Å². The maximum Gasteiger partial charge on any atom is 0.128 e. The molecule has 0 radical (unpaired) electrons. The van der Waals surface area contributed by atoms with E-state index >= 15 is 0 Å². The van der Waals surface area contributed by atoms with E-state index in [4.69, 9.17) is 5.73 Å². The van der Waals surface area contributed by atoms with Crippen LogP contribution in [-0.2, 0) is 6.42 Å². The van der Waals surface area contributed by atoms with E-state index in [0.717, 1.165) is 24.2 Å². The minimum absolute atomic E-state index is 0.126. The molecule has 1 atom stereocenters. The molecule has 102 valence electrons. The maximum absolute atomic E-state index is 13.6. The van der Waals surface area contributed by atoms with E-state index in [2.05, 4.69) is 10.3 Å². The first-order valence-electron chi connectivity index (χ1n) is 6.55. The second-order valence-electron chi connectivity index (χ2n) is 4.63. The summed E-state index contributed by atoms with van der Waals surface area (Å²) < 4.78 is 15.3. The van der Waals surface area contributed by atoms with Crippen molar-refractivity contribution in [3.8, 4) is 5.69 Å². The van der Waals surface area contributed by atoms with E-state index in [1.54, 1.807) is 17.7 Å². The van der Waals surface area contributed by atoms with Crippen molar-refractivity contribution in [2.75, 3.05) is 0 Å². The molecule has 5 heteroatoms. The molecule has 4 nitrogen and oxygen atoms in total. The van der Waals surface area contributed by atoms with Crippen molar-refractivity contribution in [2.24, 2.45) is 5.73 Å². The van der Waals surface area contributed by atoms with Crippen LogP contribution in [0.3, 0.4) is 0 Å². The van der Waals surface area contributed by atoms with E-state index in [-0.39, 0.29) is 11.9 Å². The summed E-state index contributed by atoms with van der Waals surface area (Å²) in [4.78, 5) is 0. The third-order valence-corrected chi connectivity index (χ3v) is 3.32. The molecule has 0 spiro atoms. The SMILES string of the molecule is CCc1c(C(N)CC)nnn1-c1ccc(C)c(F)c1. The second kappa shape index (κ2) is 5.48. The first kappa shape index (κ1) is 13.7. The molecule has 1 heterocycles. The Balaban J connectivity index is 2.50. The average Bonchev–Trinajstić information content (AvgIpc) is 2.84. The summed E-state index contributed by atoms with van der Waals surface area (Å²) in [7, 11) is 0. The van der Waals surface area contributed by atoms with Gasteiger partial charge in [0.15, 0.2) is 0 Å². The van der Waals surface area contributed by atoms with Gasteiger partial charge in [-0.2, -0.15) is 0 Å². The van der Waals surface area contributed by atoms with Crippen LogP contribution in [0.25, 0.3) is 5.69 Å². The van der Waals surface area contributed by atoms with Gasteiger partial charge < -0.3 is 5.73 Å². The van der Waals surface area contributed by atoms with Crippen LogP contribution in [0.5, 0.6) is 0 Å². The minimum Gasteiger partial charge on any atom is -0.323 e. The van der Waals surface area contributed by atoms with Gasteiger partial charge >= 0.3 is 0 Å². The number of hydrogen-bond acceptors (Lipinski definition) is 3. The topological polar surface area (TPSA) is 56.7 Å². The molecule has 2 rings (SSSR count). The van der Waals surface area contributed by atoms with Crippen LogP contribution in [0.1, 0.15) is 43.3 Å². The fourth-order valence-corrected chi connectivity index (χ4v) is 2.05. The molecule has 2 N–H and O–H groups in total. The summed E-state index contributed by atoms with van der Waals surface area (Å²) in [5, 5.41) is 8.27. The zero-order valence-electron chi connectivity index (χ0n) is 11.5. The Morgan fingerprint density at radius 1 is 1.37 bits per heavy atom. The Kier molecular flexibility index (Phi) is 3.95. The first-order valence-corrected chi connectivity index (χ1v) is 6.55. The van der Waals surface area contributed by atoms with Gasteiger partial charge in [0.25, 0.3) is 0 Å². The standard InChI is InChI=1S/C14H19FN4/c1-4-12(16)14-13(5-2)19(18-17-14)10-7-6-9(3)11(15)8-10/h6-8,12H,4-5,16H2,1-3H3. The predicted molar refractivity (Wildman–Crippen MR) is 72.7 cm³/mol. The highest BCUT2D eigenvalue weighted by Crippen LogP contribution is 2.21. The molecule has 0 amide bonds. The van der Waals surface area contributed by atoms with Gasteiger partial charge in [0.2, 0.25) is 0 Å². The van der Waals surface area contributed by atoms with Crippen molar-refractivity contribution in [2.45, 2.75) is 39.7 Å². The van der Waals surface area contributed by atoms with Crippen molar-refractivity contribution in [1.29, 1.82) is 0 Å². The van der Waals surface area contributed by atoms with Gasteiger partial charge in [-0.1, -0.05) is 25.1 Å². The normalized spacial score (nSPS) is 12.7. The molecule has 0 fully saturated rings. The highest BCUT2D eigenvalue weighted by molar-refractivity contribution is 5.37. The largest absolute Gasteiger partial charge is 0.323 e. The number of hydrogen-bond donors (Lipinski definition) is 1. The number of benzene rings is 1. The van der Waals surface area contributed by atoms with Gasteiger partial charge in [0, 0.05) is 0 Å². The lowest BCUT2D eigenvalue weighted by atomic mass is 10.1. The monoisotopic (exact) mass is 262 g/mol. The van der Waals surface area contributed by atoms with E-state index in [1.807, 2.05) is 19.9 Å². The quantitative estimate of drug-likeness (QED) is 0.921. The molecule has 0 saturated heterocycles. The van der Waals surface area contributed by atoms with Crippen LogP contribution >= 0.6 is 0 Å². The molecule has 1 unspecified atom stereocenters.